The van der Waals surface area contributed by atoms with Crippen LogP contribution in [0.2, 0.25) is 0 Å². The van der Waals surface area contributed by atoms with Gasteiger partial charge in [0.1, 0.15) is 0 Å². The molecule has 0 radical (unpaired) electrons. The Bertz CT molecular complexity index is 811. The number of hydrogen-bond donors (Lipinski definition) is 2. The van der Waals surface area contributed by atoms with Gasteiger partial charge in [-0.15, -0.1) is 0 Å². The number of carbonyl (C=O) groups is 1. The highest BCUT2D eigenvalue weighted by molar-refractivity contribution is 9.10. The fourth-order valence-corrected chi connectivity index (χ4v) is 4.22. The Hall–Kier alpha value is -2.01. The average molecular weight is 416 g/mol. The van der Waals surface area contributed by atoms with Crippen molar-refractivity contribution in [1.82, 2.24) is 0 Å². The average Bonchev–Trinajstić information content (AvgIpc) is 2.58. The van der Waals surface area contributed by atoms with Crippen molar-refractivity contribution in [1.29, 1.82) is 0 Å². The molecule has 1 fully saturated rings. The largest absolute Gasteiger partial charge is 0.397 e. The van der Waals surface area contributed by atoms with Crippen LogP contribution in [0.15, 0.2) is 40.9 Å². The van der Waals surface area contributed by atoms with Gasteiger partial charge in [-0.1, -0.05) is 22.0 Å². The number of hydrogen-bond acceptors (Lipinski definition) is 3. The van der Waals surface area contributed by atoms with Gasteiger partial charge < -0.3 is 16.0 Å². The molecular weight excluding hydrogens is 390 g/mol. The van der Waals surface area contributed by atoms with E-state index in [1.807, 2.05) is 24.3 Å². The molecule has 1 amide bonds. The summed E-state index contributed by atoms with van der Waals surface area (Å²) in [6.07, 6.45) is 3.64. The third kappa shape index (κ3) is 3.88. The fourth-order valence-electron chi connectivity index (χ4n) is 3.83. The lowest BCUT2D eigenvalue weighted by Crippen LogP contribution is -2.44. The number of nitrogens with zero attached hydrogens (tertiary/aromatic N) is 1. The number of piperidine rings is 1. The van der Waals surface area contributed by atoms with Gasteiger partial charge in [0.25, 0.3) is 5.91 Å². The van der Waals surface area contributed by atoms with Crippen molar-refractivity contribution < 1.29 is 4.79 Å². The number of nitrogen functional groups attached to an aromatic ring is 1. The highest BCUT2D eigenvalue weighted by Crippen LogP contribution is 2.36. The molecule has 1 saturated heterocycles. The molecular formula is C21H26BrN3O. The van der Waals surface area contributed by atoms with Gasteiger partial charge >= 0.3 is 0 Å². The van der Waals surface area contributed by atoms with Gasteiger partial charge in [0.15, 0.2) is 0 Å². The number of nitrogens with two attached hydrogens (primary N) is 1. The molecule has 0 spiro atoms. The molecule has 26 heavy (non-hydrogen) atoms. The monoisotopic (exact) mass is 415 g/mol. The first-order valence-corrected chi connectivity index (χ1v) is 9.91. The van der Waals surface area contributed by atoms with Gasteiger partial charge in [0.05, 0.1) is 11.4 Å². The summed E-state index contributed by atoms with van der Waals surface area (Å²) in [7, 11) is 0. The van der Waals surface area contributed by atoms with E-state index in [9.17, 15) is 4.79 Å². The van der Waals surface area contributed by atoms with Gasteiger partial charge in [-0.05, 0) is 75.9 Å². The van der Waals surface area contributed by atoms with E-state index >= 15 is 0 Å². The quantitative estimate of drug-likeness (QED) is 0.663. The fraction of sp³-hybridized carbons (Fsp3) is 0.381. The SMILES string of the molecule is Cc1cc(N)c(NC(=O)c2cccc(Br)c2)cc1N1[C@@H](C)CCC[C@@H]1C. The zero-order valence-electron chi connectivity index (χ0n) is 15.6. The summed E-state index contributed by atoms with van der Waals surface area (Å²) in [4.78, 5) is 15.1. The summed E-state index contributed by atoms with van der Waals surface area (Å²) in [5, 5.41) is 2.98. The maximum atomic E-state index is 12.6. The molecule has 4 nitrogen and oxygen atoms in total. The summed E-state index contributed by atoms with van der Waals surface area (Å²) < 4.78 is 0.874. The third-order valence-corrected chi connectivity index (χ3v) is 5.67. The summed E-state index contributed by atoms with van der Waals surface area (Å²) >= 11 is 3.41. The van der Waals surface area contributed by atoms with Crippen molar-refractivity contribution in [3.8, 4) is 0 Å². The van der Waals surface area contributed by atoms with Crippen LogP contribution in [0.4, 0.5) is 17.1 Å². The number of rotatable bonds is 3. The zero-order chi connectivity index (χ0) is 18.8. The van der Waals surface area contributed by atoms with Crippen molar-refractivity contribution in [3.05, 3.63) is 52.0 Å². The van der Waals surface area contributed by atoms with E-state index in [0.29, 0.717) is 29.0 Å². The molecule has 0 aliphatic carbocycles. The minimum absolute atomic E-state index is 0.160. The first kappa shape index (κ1) is 18.8. The molecule has 138 valence electrons. The van der Waals surface area contributed by atoms with E-state index in [1.165, 1.54) is 19.3 Å². The zero-order valence-corrected chi connectivity index (χ0v) is 17.1. The predicted octanol–water partition coefficient (Wildman–Crippen LogP) is 5.36. The molecule has 0 saturated carbocycles. The van der Waals surface area contributed by atoms with Crippen LogP contribution < -0.4 is 16.0 Å². The highest BCUT2D eigenvalue weighted by atomic mass is 79.9. The molecule has 1 aliphatic rings. The summed E-state index contributed by atoms with van der Waals surface area (Å²) in [5.74, 6) is -0.160. The van der Waals surface area contributed by atoms with Gasteiger partial charge in [-0.2, -0.15) is 0 Å². The number of benzene rings is 2. The van der Waals surface area contributed by atoms with Crippen molar-refractivity contribution in [2.45, 2.75) is 52.1 Å². The molecule has 1 aliphatic heterocycles. The van der Waals surface area contributed by atoms with Crippen LogP contribution in [0.25, 0.3) is 0 Å². The highest BCUT2D eigenvalue weighted by Gasteiger charge is 2.26. The number of halogens is 1. The molecule has 2 aromatic carbocycles. The van der Waals surface area contributed by atoms with E-state index in [0.717, 1.165) is 15.7 Å². The third-order valence-electron chi connectivity index (χ3n) is 5.17. The molecule has 3 rings (SSSR count). The van der Waals surface area contributed by atoms with E-state index in [2.05, 4.69) is 46.9 Å². The molecule has 0 aromatic heterocycles. The van der Waals surface area contributed by atoms with Crippen molar-refractivity contribution >= 4 is 38.9 Å². The topological polar surface area (TPSA) is 58.4 Å². The number of nitrogens with one attached hydrogen (secondary N) is 1. The molecule has 1 heterocycles. The molecule has 0 unspecified atom stereocenters. The standard InChI is InChI=1S/C21H26BrN3O/c1-13-10-18(23)19(24-21(26)16-8-5-9-17(22)11-16)12-20(13)25-14(2)6-4-7-15(25)3/h5,8-12,14-15H,4,6-7,23H2,1-3H3,(H,24,26)/t14-,15-/m0/s1. The first-order valence-electron chi connectivity index (χ1n) is 9.12. The van der Waals surface area contributed by atoms with Crippen LogP contribution in [0.5, 0.6) is 0 Å². The lowest BCUT2D eigenvalue weighted by molar-refractivity contribution is 0.102. The van der Waals surface area contributed by atoms with Gasteiger partial charge in [-0.3, -0.25) is 4.79 Å². The normalized spacial score (nSPS) is 20.1. The van der Waals surface area contributed by atoms with Crippen LogP contribution in [-0.2, 0) is 0 Å². The Morgan fingerprint density at radius 2 is 1.88 bits per heavy atom. The molecule has 0 bridgehead atoms. The van der Waals surface area contributed by atoms with Gasteiger partial charge in [0.2, 0.25) is 0 Å². The Balaban J connectivity index is 1.92. The van der Waals surface area contributed by atoms with Gasteiger partial charge in [-0.25, -0.2) is 0 Å². The van der Waals surface area contributed by atoms with Crippen LogP contribution in [0, 0.1) is 6.92 Å². The minimum Gasteiger partial charge on any atom is -0.397 e. The Kier molecular flexibility index (Phi) is 5.56. The lowest BCUT2D eigenvalue weighted by atomic mass is 9.95. The Morgan fingerprint density at radius 3 is 2.54 bits per heavy atom. The molecule has 5 heteroatoms. The van der Waals surface area contributed by atoms with E-state index in [-0.39, 0.29) is 5.91 Å². The lowest BCUT2D eigenvalue weighted by Gasteiger charge is -2.42. The van der Waals surface area contributed by atoms with Gasteiger partial charge in [0, 0.05) is 27.8 Å². The van der Waals surface area contributed by atoms with Crippen LogP contribution >= 0.6 is 15.9 Å². The van der Waals surface area contributed by atoms with Crippen molar-refractivity contribution in [3.63, 3.8) is 0 Å². The first-order chi connectivity index (χ1) is 12.4. The maximum Gasteiger partial charge on any atom is 0.255 e. The Labute approximate surface area is 163 Å². The second-order valence-corrected chi connectivity index (χ2v) is 8.14. The van der Waals surface area contributed by atoms with Crippen LogP contribution in [-0.4, -0.2) is 18.0 Å². The summed E-state index contributed by atoms with van der Waals surface area (Å²) in [6, 6.07) is 12.3. The number of anilines is 3. The van der Waals surface area contributed by atoms with E-state index < -0.39 is 0 Å². The molecule has 3 N–H and O–H groups in total. The number of aryl methyl sites for hydroxylation is 1. The number of carbonyl (C=O) groups excluding carboxylic acids is 1. The second-order valence-electron chi connectivity index (χ2n) is 7.23. The van der Waals surface area contributed by atoms with E-state index in [4.69, 9.17) is 5.73 Å². The predicted molar refractivity (Wildman–Crippen MR) is 113 cm³/mol. The molecule has 2 atom stereocenters. The molecule has 2 aromatic rings. The van der Waals surface area contributed by atoms with Crippen LogP contribution in [0.1, 0.15) is 49.0 Å². The Morgan fingerprint density at radius 1 is 1.19 bits per heavy atom. The van der Waals surface area contributed by atoms with Crippen molar-refractivity contribution in [2.75, 3.05) is 16.0 Å². The minimum atomic E-state index is -0.160. The van der Waals surface area contributed by atoms with Crippen LogP contribution in [0.3, 0.4) is 0 Å². The summed E-state index contributed by atoms with van der Waals surface area (Å²) in [6.45, 7) is 6.62. The number of amides is 1. The van der Waals surface area contributed by atoms with Crippen molar-refractivity contribution in [2.24, 2.45) is 0 Å². The van der Waals surface area contributed by atoms with E-state index in [1.54, 1.807) is 12.1 Å². The summed E-state index contributed by atoms with van der Waals surface area (Å²) in [5.41, 5.74) is 10.4. The second kappa shape index (κ2) is 7.70. The smallest absolute Gasteiger partial charge is 0.255 e. The maximum absolute atomic E-state index is 12.6.